The van der Waals surface area contributed by atoms with Crippen molar-refractivity contribution in [3.05, 3.63) is 260 Å². The number of nitrogens with zero attached hydrogens (tertiary/aromatic N) is 6. The van der Waals surface area contributed by atoms with Crippen molar-refractivity contribution >= 4 is 63.5 Å². The van der Waals surface area contributed by atoms with Crippen LogP contribution in [0.3, 0.4) is 0 Å². The van der Waals surface area contributed by atoms with Gasteiger partial charge in [-0.3, -0.25) is 38.4 Å². The minimum atomic E-state index is -0.765. The van der Waals surface area contributed by atoms with Gasteiger partial charge in [-0.25, -0.2) is 0 Å². The van der Waals surface area contributed by atoms with Gasteiger partial charge in [0.25, 0.3) is 5.91 Å². The van der Waals surface area contributed by atoms with Gasteiger partial charge in [0.1, 0.15) is 5.75 Å². The summed E-state index contributed by atoms with van der Waals surface area (Å²) in [5.41, 5.74) is 13.3. The van der Waals surface area contributed by atoms with Crippen molar-refractivity contribution in [3.8, 4) is 5.75 Å². The molecule has 0 saturated heterocycles. The van der Waals surface area contributed by atoms with Crippen LogP contribution in [0.2, 0.25) is 0 Å². The van der Waals surface area contributed by atoms with Crippen LogP contribution in [0.25, 0.3) is 0 Å². The lowest BCUT2D eigenvalue weighted by Gasteiger charge is -2.38. The Morgan fingerprint density at radius 1 is 0.341 bits per heavy atom. The molecule has 1 unspecified atom stereocenters. The van der Waals surface area contributed by atoms with Crippen LogP contribution in [0, 0.1) is 62.1 Å². The molecule has 6 aliphatic rings. The third-order valence-electron chi connectivity index (χ3n) is 29.1. The number of carbonyl (C=O) groups excluding carboxylic acids is 8. The Balaban J connectivity index is 0.000000214. The molecule has 16 nitrogen and oxygen atoms in total. The summed E-state index contributed by atoms with van der Waals surface area (Å²) in [5, 5.41) is 3.13. The number of allylic oxidation sites excluding steroid dienone is 5. The second-order valence-corrected chi connectivity index (χ2v) is 49.0. The second kappa shape index (κ2) is 45.0. The minimum absolute atomic E-state index is 0.0209. The normalized spacial score (nSPS) is 18.1. The molecule has 138 heavy (non-hydrogen) atoms. The van der Waals surface area contributed by atoms with E-state index < -0.39 is 5.92 Å². The molecule has 0 aromatic heterocycles. The van der Waals surface area contributed by atoms with Crippen LogP contribution in [0.15, 0.2) is 210 Å². The molecule has 6 aromatic rings. The smallest absolute Gasteiger partial charge is 0.253 e. The van der Waals surface area contributed by atoms with Gasteiger partial charge < -0.3 is 39.5 Å². The summed E-state index contributed by atoms with van der Waals surface area (Å²) in [4.78, 5) is 125. The first-order valence-electron chi connectivity index (χ1n) is 51.4. The topological polar surface area (TPSA) is 177 Å². The number of Topliss-reactive ketones (excluding diaryl/α,β-unsaturated/α-hetero) is 7. The predicted octanol–water partition coefficient (Wildman–Crippen LogP) is 27.5. The third kappa shape index (κ3) is 28.9. The van der Waals surface area contributed by atoms with Crippen molar-refractivity contribution in [2.75, 3.05) is 87.7 Å². The van der Waals surface area contributed by atoms with Gasteiger partial charge in [-0.05, 0) is 225 Å². The fourth-order valence-electron chi connectivity index (χ4n) is 19.6. The number of hydrogen-bond donors (Lipinski definition) is 1. The largest absolute Gasteiger partial charge is 0.497 e. The number of anilines is 3. The second-order valence-electron chi connectivity index (χ2n) is 49.0. The van der Waals surface area contributed by atoms with Crippen LogP contribution in [-0.2, 0) is 37.0 Å². The van der Waals surface area contributed by atoms with Crippen LogP contribution in [0.5, 0.6) is 5.75 Å². The van der Waals surface area contributed by atoms with Crippen LogP contribution >= 0.6 is 0 Å². The molecule has 0 aliphatic carbocycles. The van der Waals surface area contributed by atoms with Crippen molar-refractivity contribution in [1.82, 2.24) is 19.6 Å². The van der Waals surface area contributed by atoms with Gasteiger partial charge in [0.05, 0.1) is 13.0 Å². The van der Waals surface area contributed by atoms with E-state index in [0.717, 1.165) is 178 Å². The fourth-order valence-corrected chi connectivity index (χ4v) is 19.6. The monoisotopic (exact) mass is 1880 g/mol. The van der Waals surface area contributed by atoms with Gasteiger partial charge in [0.2, 0.25) is 0 Å². The molecular formula is C122H169N7O9. The number of unbranched alkanes of at least 4 members (excludes halogenated alkanes) is 2. The number of carbonyl (C=O) groups is 8. The minimum Gasteiger partial charge on any atom is -0.497 e. The Morgan fingerprint density at radius 3 is 0.986 bits per heavy atom. The van der Waals surface area contributed by atoms with E-state index in [0.29, 0.717) is 82.9 Å². The third-order valence-corrected chi connectivity index (χ3v) is 29.1. The van der Waals surface area contributed by atoms with Crippen molar-refractivity contribution < 1.29 is 43.1 Å². The molecule has 0 bridgehead atoms. The van der Waals surface area contributed by atoms with Gasteiger partial charge in [0.15, 0.2) is 40.5 Å². The Labute approximate surface area is 830 Å². The number of methoxy groups -OCH3 is 1. The lowest BCUT2D eigenvalue weighted by molar-refractivity contribution is -0.117. The van der Waals surface area contributed by atoms with Gasteiger partial charge >= 0.3 is 0 Å². The summed E-state index contributed by atoms with van der Waals surface area (Å²) >= 11 is 0. The van der Waals surface area contributed by atoms with Gasteiger partial charge in [-0.15, -0.1) is 0 Å². The summed E-state index contributed by atoms with van der Waals surface area (Å²) in [6.07, 6.45) is 21.1. The number of benzene rings is 6. The number of hydrogen-bond acceptors (Lipinski definition) is 15. The van der Waals surface area contributed by atoms with Crippen LogP contribution in [0.1, 0.15) is 345 Å². The highest BCUT2D eigenvalue weighted by Crippen LogP contribution is 2.46. The zero-order chi connectivity index (χ0) is 102. The molecule has 0 saturated carbocycles. The fraction of sp³-hybridized carbons (Fsp3) is 0.541. The van der Waals surface area contributed by atoms with Crippen molar-refractivity contribution in [3.63, 3.8) is 0 Å². The first-order valence-corrected chi connectivity index (χ1v) is 51.4. The standard InChI is InChI=1S/C43H55N3O2.C42H63N3O3.C37H51NO4/c1-40(2,3)31-13-19-34(20-14-31)45-25-23-42(7,8)36(28-45)38(47)27-30-11-17-33(18-12-30)44-39(48)37-29-46(26-24-43(37,9)10)35-21-15-32(16-22-35)41(4,5)6;1-28(2)22-43-16-13-40(7,8)34(25-43)37(46)31-19-32(38(47)35-26-44(23-29(3)4)17-14-41(35,9)10)21-33(20-31)39(48)36-27-45(24-30(5)6)18-15-42(36,11)12;1-26(2)24-38-23-22-37(6,7)32(25-38)33(39)13-11-9-10-12-31(35(41)28-16-20-30(42-8)21-17-28)34(40)27-14-18-29(19-15-27)36(3,4)5/h11-22,28-29H,23-27H2,1-10H3,(H,44,48);19-21,25-30H,13-18,22-24H2,1-12H3;14-21,25-26,31H,9-13,22-24H2,1-8H3. The molecule has 0 radical (unpaired) electrons. The molecule has 746 valence electrons. The van der Waals surface area contributed by atoms with Crippen LogP contribution < -0.4 is 19.9 Å². The van der Waals surface area contributed by atoms with E-state index in [-0.39, 0.29) is 95.1 Å². The van der Waals surface area contributed by atoms with Crippen molar-refractivity contribution in [1.29, 1.82) is 0 Å². The number of ether oxygens (including phenoxy) is 1. The highest BCUT2D eigenvalue weighted by atomic mass is 16.5. The molecule has 1 N–H and O–H groups in total. The van der Waals surface area contributed by atoms with E-state index in [4.69, 9.17) is 4.74 Å². The van der Waals surface area contributed by atoms with Crippen LogP contribution in [0.4, 0.5) is 17.1 Å². The molecule has 12 rings (SSSR count). The van der Waals surface area contributed by atoms with E-state index in [1.165, 1.54) is 11.1 Å². The van der Waals surface area contributed by atoms with Gasteiger partial charge in [-0.1, -0.05) is 274 Å². The molecule has 1 amide bonds. The lowest BCUT2D eigenvalue weighted by atomic mass is 9.73. The van der Waals surface area contributed by atoms with E-state index in [2.05, 4.69) is 296 Å². The molecular weight excluding hydrogens is 1710 g/mol. The van der Waals surface area contributed by atoms with E-state index >= 15 is 0 Å². The van der Waals surface area contributed by atoms with Gasteiger partial charge in [0, 0.05) is 194 Å². The number of nitrogens with one attached hydrogen (secondary N) is 1. The zero-order valence-corrected chi connectivity index (χ0v) is 90.0. The molecule has 6 heterocycles. The Hall–Kier alpha value is -10.5. The average Bonchev–Trinajstić information content (AvgIpc) is 0.756. The molecule has 6 aromatic carbocycles. The molecule has 1 atom stereocenters. The molecule has 6 aliphatic heterocycles. The highest BCUT2D eigenvalue weighted by Gasteiger charge is 2.42. The summed E-state index contributed by atoms with van der Waals surface area (Å²) in [6, 6.07) is 45.0. The maximum absolute atomic E-state index is 14.6. The predicted molar refractivity (Wildman–Crippen MR) is 571 cm³/mol. The van der Waals surface area contributed by atoms with Gasteiger partial charge in [-0.2, -0.15) is 0 Å². The summed E-state index contributed by atoms with van der Waals surface area (Å²) in [7, 11) is 1.59. The average molecular weight is 1880 g/mol. The Morgan fingerprint density at radius 2 is 0.645 bits per heavy atom. The van der Waals surface area contributed by atoms with E-state index in [1.807, 2.05) is 73.3 Å². The zero-order valence-electron chi connectivity index (χ0n) is 90.0. The SMILES string of the molecule is CC(C)CN1C=C(C(=O)c2cc(C(=O)C3=CN(CC(C)C)CCC3(C)C)cc(C(=O)C3=CN(CC(C)C)CCC3(C)C)c2)C(C)(C)CC1.CC1(C)CCN(c2ccc(C(C)(C)C)cc2)C=C1C(=O)Cc1ccc(NC(=O)C2=CN(c3ccc(C(C)(C)C)cc3)CCC2(C)C)cc1.COc1ccc(C(=O)C(CCCCCC(=O)C2=CN(CC(C)C)CCC2(C)C)C(=O)c2ccc(C(C)(C)C)cc2)cc1. The lowest BCUT2D eigenvalue weighted by Crippen LogP contribution is -2.37. The molecule has 16 heteroatoms. The summed E-state index contributed by atoms with van der Waals surface area (Å²) < 4.78 is 5.24. The van der Waals surface area contributed by atoms with Crippen LogP contribution in [-0.4, -0.2) is 139 Å². The number of rotatable bonds is 33. The first-order chi connectivity index (χ1) is 64.3. The van der Waals surface area contributed by atoms with Crippen molar-refractivity contribution in [2.24, 2.45) is 62.1 Å². The molecule has 0 fully saturated rings. The quantitative estimate of drug-likeness (QED) is 0.0234. The summed E-state index contributed by atoms with van der Waals surface area (Å²) in [6.45, 7) is 72.0. The van der Waals surface area contributed by atoms with E-state index in [9.17, 15) is 38.4 Å². The number of ketones is 7. The molecule has 0 spiro atoms. The maximum atomic E-state index is 14.6. The maximum Gasteiger partial charge on any atom is 0.253 e. The van der Waals surface area contributed by atoms with E-state index in [1.54, 1.807) is 49.6 Å². The first kappa shape index (κ1) is 110. The summed E-state index contributed by atoms with van der Waals surface area (Å²) in [5.74, 6) is 1.49. The van der Waals surface area contributed by atoms with Crippen molar-refractivity contribution in [2.45, 2.75) is 294 Å². The highest BCUT2D eigenvalue weighted by molar-refractivity contribution is 6.18. The Kier molecular flexibility index (Phi) is 35.7. The number of amides is 1. The Bertz CT molecular complexity index is 5190.